The number of rotatable bonds is 10. The van der Waals surface area contributed by atoms with Gasteiger partial charge in [-0.05, 0) is 37.5 Å². The average molecular weight is 490 g/mol. The Bertz CT molecular complexity index is 570. The number of carbonyl (C=O) groups is 1. The molecule has 0 fully saturated rings. The number of hydrogen-bond acceptors (Lipinski definition) is 3. The maximum absolute atomic E-state index is 11.6. The van der Waals surface area contributed by atoms with Crippen LogP contribution in [-0.4, -0.2) is 42.7 Å². The number of carbonyl (C=O) groups excluding carboxylic acids is 1. The summed E-state index contributed by atoms with van der Waals surface area (Å²) < 4.78 is 0. The van der Waals surface area contributed by atoms with E-state index in [1.807, 2.05) is 19.1 Å². The van der Waals surface area contributed by atoms with E-state index >= 15 is 0 Å². The van der Waals surface area contributed by atoms with E-state index in [0.717, 1.165) is 37.8 Å². The van der Waals surface area contributed by atoms with Crippen LogP contribution < -0.4 is 16.0 Å². The minimum Gasteiger partial charge on any atom is -0.388 e. The molecule has 0 bridgehead atoms. The van der Waals surface area contributed by atoms with Crippen LogP contribution in [0.5, 0.6) is 0 Å². The van der Waals surface area contributed by atoms with Gasteiger partial charge in [-0.15, -0.1) is 24.0 Å². The van der Waals surface area contributed by atoms with Gasteiger partial charge >= 0.3 is 0 Å². The zero-order valence-electron chi connectivity index (χ0n) is 17.0. The van der Waals surface area contributed by atoms with Crippen LogP contribution in [-0.2, 0) is 6.54 Å². The van der Waals surface area contributed by atoms with Crippen molar-refractivity contribution < 1.29 is 9.90 Å². The van der Waals surface area contributed by atoms with Crippen molar-refractivity contribution in [3.8, 4) is 0 Å². The molecule has 0 saturated carbocycles. The van der Waals surface area contributed by atoms with Gasteiger partial charge in [-0.3, -0.25) is 4.79 Å². The van der Waals surface area contributed by atoms with E-state index in [2.05, 4.69) is 34.8 Å². The molecule has 0 heterocycles. The molecule has 0 unspecified atom stereocenters. The number of hydrogen-bond donors (Lipinski definition) is 4. The Kier molecular flexibility index (Phi) is 13.1. The molecule has 0 atom stereocenters. The summed E-state index contributed by atoms with van der Waals surface area (Å²) in [7, 11) is 1.62. The first-order valence-corrected chi connectivity index (χ1v) is 9.53. The fraction of sp³-hybridized carbons (Fsp3) is 0.600. The Morgan fingerprint density at radius 2 is 1.67 bits per heavy atom. The van der Waals surface area contributed by atoms with Crippen LogP contribution in [0.15, 0.2) is 29.3 Å². The predicted octanol–water partition coefficient (Wildman–Crippen LogP) is 3.05. The Morgan fingerprint density at radius 3 is 2.15 bits per heavy atom. The van der Waals surface area contributed by atoms with Gasteiger partial charge in [0.15, 0.2) is 5.96 Å². The first-order valence-electron chi connectivity index (χ1n) is 9.53. The highest BCUT2D eigenvalue weighted by molar-refractivity contribution is 14.0. The van der Waals surface area contributed by atoms with Crippen molar-refractivity contribution in [1.82, 2.24) is 16.0 Å². The van der Waals surface area contributed by atoms with E-state index < -0.39 is 5.60 Å². The topological polar surface area (TPSA) is 85.8 Å². The number of benzene rings is 1. The normalized spacial score (nSPS) is 11.5. The van der Waals surface area contributed by atoms with Gasteiger partial charge in [0.1, 0.15) is 0 Å². The molecule has 0 aliphatic carbocycles. The van der Waals surface area contributed by atoms with E-state index in [4.69, 9.17) is 0 Å². The summed E-state index contributed by atoms with van der Waals surface area (Å²) in [6.45, 7) is 7.92. The molecule has 1 aromatic carbocycles. The lowest BCUT2D eigenvalue weighted by atomic mass is 9.93. The highest BCUT2D eigenvalue weighted by atomic mass is 127. The quantitative estimate of drug-likeness (QED) is 0.231. The number of nitrogens with zero attached hydrogens (tertiary/aromatic N) is 1. The van der Waals surface area contributed by atoms with Crippen LogP contribution in [0, 0.1) is 0 Å². The van der Waals surface area contributed by atoms with Gasteiger partial charge in [0.05, 0.1) is 12.1 Å². The summed E-state index contributed by atoms with van der Waals surface area (Å²) in [5, 5.41) is 19.8. The lowest BCUT2D eigenvalue weighted by Gasteiger charge is -2.28. The summed E-state index contributed by atoms with van der Waals surface area (Å²) in [6, 6.07) is 7.40. The van der Waals surface area contributed by atoms with Gasteiger partial charge in [0.2, 0.25) is 0 Å². The maximum atomic E-state index is 11.6. The SMILES string of the molecule is CCCC(O)(CCC)CNC(=NCc1ccc(C(=O)NC)cc1)NCC.I. The molecule has 0 saturated heterocycles. The monoisotopic (exact) mass is 490 g/mol. The van der Waals surface area contributed by atoms with Crippen molar-refractivity contribution in [1.29, 1.82) is 0 Å². The van der Waals surface area contributed by atoms with Gasteiger partial charge in [-0.25, -0.2) is 4.99 Å². The summed E-state index contributed by atoms with van der Waals surface area (Å²) in [4.78, 5) is 16.2. The van der Waals surface area contributed by atoms with Crippen molar-refractivity contribution in [3.63, 3.8) is 0 Å². The summed E-state index contributed by atoms with van der Waals surface area (Å²) >= 11 is 0. The minimum absolute atomic E-state index is 0. The van der Waals surface area contributed by atoms with E-state index in [1.54, 1.807) is 19.2 Å². The molecule has 0 radical (unpaired) electrons. The smallest absolute Gasteiger partial charge is 0.251 e. The number of halogens is 1. The molecule has 0 aliphatic heterocycles. The Balaban J connectivity index is 0.00000676. The van der Waals surface area contributed by atoms with E-state index in [0.29, 0.717) is 24.6 Å². The number of amides is 1. The molecule has 1 rings (SSSR count). The van der Waals surface area contributed by atoms with Crippen molar-refractivity contribution in [3.05, 3.63) is 35.4 Å². The standard InChI is InChI=1S/C20H34N4O2.HI/c1-5-12-20(26,13-6-2)15-24-19(22-7-3)23-14-16-8-10-17(11-9-16)18(25)21-4;/h8-11,26H,5-7,12-15H2,1-4H3,(H,21,25)(H2,22,23,24);1H. The second kappa shape index (κ2) is 13.8. The average Bonchev–Trinajstić information content (AvgIpc) is 2.64. The molecule has 4 N–H and O–H groups in total. The van der Waals surface area contributed by atoms with E-state index in [-0.39, 0.29) is 29.9 Å². The molecule has 7 heteroatoms. The molecule has 154 valence electrons. The molecule has 1 aromatic rings. The van der Waals surface area contributed by atoms with Crippen LogP contribution in [0.1, 0.15) is 62.4 Å². The van der Waals surface area contributed by atoms with Crippen LogP contribution in [0.25, 0.3) is 0 Å². The molecule has 0 aliphatic rings. The molecule has 27 heavy (non-hydrogen) atoms. The molecular weight excluding hydrogens is 455 g/mol. The van der Waals surface area contributed by atoms with Crippen molar-refractivity contribution in [2.75, 3.05) is 20.1 Å². The van der Waals surface area contributed by atoms with Gasteiger partial charge in [0.25, 0.3) is 5.91 Å². The summed E-state index contributed by atoms with van der Waals surface area (Å²) in [6.07, 6.45) is 3.44. The minimum atomic E-state index is -0.700. The van der Waals surface area contributed by atoms with Crippen LogP contribution in [0.4, 0.5) is 0 Å². The summed E-state index contributed by atoms with van der Waals surface area (Å²) in [5.74, 6) is 0.592. The first kappa shape index (κ1) is 25.6. The van der Waals surface area contributed by atoms with Gasteiger partial charge in [-0.2, -0.15) is 0 Å². The highest BCUT2D eigenvalue weighted by Crippen LogP contribution is 2.18. The van der Waals surface area contributed by atoms with Crippen LogP contribution in [0.3, 0.4) is 0 Å². The highest BCUT2D eigenvalue weighted by Gasteiger charge is 2.24. The lowest BCUT2D eigenvalue weighted by Crippen LogP contribution is -2.47. The molecule has 1 amide bonds. The van der Waals surface area contributed by atoms with E-state index in [9.17, 15) is 9.90 Å². The van der Waals surface area contributed by atoms with Gasteiger partial charge in [-0.1, -0.05) is 38.8 Å². The zero-order valence-corrected chi connectivity index (χ0v) is 19.3. The van der Waals surface area contributed by atoms with E-state index in [1.165, 1.54) is 0 Å². The number of guanidine groups is 1. The third-order valence-electron chi connectivity index (χ3n) is 4.22. The third kappa shape index (κ3) is 9.41. The fourth-order valence-electron chi connectivity index (χ4n) is 2.90. The summed E-state index contributed by atoms with van der Waals surface area (Å²) in [5.41, 5.74) is 0.955. The van der Waals surface area contributed by atoms with Gasteiger partial charge in [0, 0.05) is 25.7 Å². The zero-order chi connectivity index (χ0) is 19.4. The van der Waals surface area contributed by atoms with Crippen LogP contribution in [0.2, 0.25) is 0 Å². The first-order chi connectivity index (χ1) is 12.5. The fourth-order valence-corrected chi connectivity index (χ4v) is 2.90. The van der Waals surface area contributed by atoms with Crippen molar-refractivity contribution in [2.45, 2.75) is 58.6 Å². The van der Waals surface area contributed by atoms with Gasteiger partial charge < -0.3 is 21.1 Å². The lowest BCUT2D eigenvalue weighted by molar-refractivity contribution is 0.0257. The Morgan fingerprint density at radius 1 is 1.07 bits per heavy atom. The second-order valence-electron chi connectivity index (χ2n) is 6.55. The maximum Gasteiger partial charge on any atom is 0.251 e. The van der Waals surface area contributed by atoms with Crippen LogP contribution >= 0.6 is 24.0 Å². The Hall–Kier alpha value is -1.35. The Labute approximate surface area is 180 Å². The predicted molar refractivity (Wildman–Crippen MR) is 123 cm³/mol. The number of nitrogens with one attached hydrogen (secondary N) is 3. The molecule has 6 nitrogen and oxygen atoms in total. The third-order valence-corrected chi connectivity index (χ3v) is 4.22. The largest absolute Gasteiger partial charge is 0.388 e. The molecular formula is C20H35IN4O2. The van der Waals surface area contributed by atoms with Crippen molar-refractivity contribution >= 4 is 35.8 Å². The second-order valence-corrected chi connectivity index (χ2v) is 6.55. The van der Waals surface area contributed by atoms with Crippen molar-refractivity contribution in [2.24, 2.45) is 4.99 Å². The number of aliphatic imine (C=N–C) groups is 1. The number of aliphatic hydroxyl groups is 1. The molecule has 0 spiro atoms. The molecule has 0 aromatic heterocycles.